The lowest BCUT2D eigenvalue weighted by Crippen LogP contribution is -2.10. The van der Waals surface area contributed by atoms with Gasteiger partial charge in [0.25, 0.3) is 0 Å². The average molecular weight is 102 g/mol. The van der Waals surface area contributed by atoms with E-state index in [1.807, 2.05) is 0 Å². The van der Waals surface area contributed by atoms with Crippen LogP contribution in [0.15, 0.2) is 0 Å². The Morgan fingerprint density at radius 2 is 2.43 bits per heavy atom. The Morgan fingerprint density at radius 1 is 1.86 bits per heavy atom. The molecule has 1 radical (unpaired) electrons. The minimum atomic E-state index is -0.408. The Kier molecular flexibility index (Phi) is 3.32. The molecule has 0 aliphatic rings. The van der Waals surface area contributed by atoms with E-state index in [2.05, 4.69) is 0 Å². The summed E-state index contributed by atoms with van der Waals surface area (Å²) in [7, 11) is 0. The summed E-state index contributed by atoms with van der Waals surface area (Å²) in [6.07, 6.45) is 1.57. The third-order valence-electron chi connectivity index (χ3n) is 0.475. The van der Waals surface area contributed by atoms with E-state index in [0.717, 1.165) is 0 Å². The molecule has 3 nitrogen and oxygen atoms in total. The molecule has 0 unspecified atom stereocenters. The maximum Gasteiger partial charge on any atom is 0.217 e. The van der Waals surface area contributed by atoms with Gasteiger partial charge >= 0.3 is 0 Å². The van der Waals surface area contributed by atoms with Crippen LogP contribution in [0.3, 0.4) is 0 Å². The number of hydrogen-bond acceptors (Lipinski definition) is 2. The normalized spacial score (nSPS) is 8.71. The van der Waals surface area contributed by atoms with Crippen LogP contribution in [0.25, 0.3) is 0 Å². The predicted octanol–water partition coefficient (Wildman–Crippen LogP) is -0.942. The average Bonchev–Trinajstić information content (AvgIpc) is 1.61. The molecular formula is C4H8NO2. The van der Waals surface area contributed by atoms with Crippen LogP contribution >= 0.6 is 0 Å². The van der Waals surface area contributed by atoms with E-state index in [0.29, 0.717) is 0 Å². The van der Waals surface area contributed by atoms with E-state index >= 15 is 0 Å². The molecule has 0 aromatic carbocycles. The minimum Gasteiger partial charge on any atom is -0.396 e. The molecule has 0 bridgehead atoms. The van der Waals surface area contributed by atoms with Gasteiger partial charge in [-0.2, -0.15) is 0 Å². The zero-order chi connectivity index (χ0) is 5.70. The topological polar surface area (TPSA) is 63.3 Å². The van der Waals surface area contributed by atoms with Crippen molar-refractivity contribution in [3.05, 3.63) is 6.42 Å². The van der Waals surface area contributed by atoms with Crippen molar-refractivity contribution < 1.29 is 9.90 Å². The van der Waals surface area contributed by atoms with Crippen LogP contribution in [0, 0.1) is 6.42 Å². The van der Waals surface area contributed by atoms with Gasteiger partial charge in [-0.25, -0.2) is 0 Å². The van der Waals surface area contributed by atoms with E-state index in [9.17, 15) is 4.79 Å². The first-order chi connectivity index (χ1) is 3.27. The summed E-state index contributed by atoms with van der Waals surface area (Å²) >= 11 is 0. The molecule has 0 fully saturated rings. The third kappa shape index (κ3) is 5.43. The highest BCUT2D eigenvalue weighted by molar-refractivity contribution is 5.74. The fraction of sp³-hybridized carbons (Fsp3) is 0.500. The summed E-state index contributed by atoms with van der Waals surface area (Å²) in [5.74, 6) is -0.408. The molecule has 0 saturated carbocycles. The Morgan fingerprint density at radius 3 is 2.57 bits per heavy atom. The maximum absolute atomic E-state index is 9.84. The van der Waals surface area contributed by atoms with Gasteiger partial charge in [0.15, 0.2) is 0 Å². The first-order valence-electron chi connectivity index (χ1n) is 1.98. The van der Waals surface area contributed by atoms with E-state index in [4.69, 9.17) is 10.8 Å². The van der Waals surface area contributed by atoms with Crippen LogP contribution in [-0.2, 0) is 4.79 Å². The van der Waals surface area contributed by atoms with Gasteiger partial charge in [-0.05, 0) is 6.42 Å². The van der Waals surface area contributed by atoms with Crippen molar-refractivity contribution in [2.75, 3.05) is 6.61 Å². The Balaban J connectivity index is 2.82. The van der Waals surface area contributed by atoms with Crippen LogP contribution < -0.4 is 5.73 Å². The third-order valence-corrected chi connectivity index (χ3v) is 0.475. The quantitative estimate of drug-likeness (QED) is 0.483. The highest BCUT2D eigenvalue weighted by atomic mass is 16.3. The number of aliphatic hydroxyl groups is 1. The van der Waals surface area contributed by atoms with Crippen molar-refractivity contribution in [2.45, 2.75) is 6.42 Å². The number of nitrogens with two attached hydrogens (primary N) is 1. The van der Waals surface area contributed by atoms with E-state index in [-0.39, 0.29) is 13.0 Å². The molecule has 7 heavy (non-hydrogen) atoms. The van der Waals surface area contributed by atoms with Crippen LogP contribution in [0.2, 0.25) is 0 Å². The number of primary amides is 1. The number of amides is 1. The molecule has 3 N–H and O–H groups in total. The van der Waals surface area contributed by atoms with E-state index in [1.165, 1.54) is 6.42 Å². The van der Waals surface area contributed by atoms with Gasteiger partial charge < -0.3 is 10.8 Å². The largest absolute Gasteiger partial charge is 0.396 e. The lowest BCUT2D eigenvalue weighted by atomic mass is 10.3. The van der Waals surface area contributed by atoms with Crippen LogP contribution in [0.4, 0.5) is 0 Å². The summed E-state index contributed by atoms with van der Waals surface area (Å²) in [4.78, 5) is 9.84. The summed E-state index contributed by atoms with van der Waals surface area (Å²) in [5, 5.41) is 8.05. The van der Waals surface area contributed by atoms with Gasteiger partial charge in [0, 0.05) is 13.0 Å². The molecule has 0 aliphatic carbocycles. The SMILES string of the molecule is NC(=O)C[CH]CO. The minimum absolute atomic E-state index is 0.0804. The van der Waals surface area contributed by atoms with E-state index < -0.39 is 5.91 Å². The van der Waals surface area contributed by atoms with Crippen LogP contribution in [0.5, 0.6) is 0 Å². The second-order valence-corrected chi connectivity index (χ2v) is 1.14. The standard InChI is InChI=1S/C4H8NO2/c5-4(7)2-1-3-6/h1,6H,2-3H2,(H2,5,7). The highest BCUT2D eigenvalue weighted by Gasteiger charge is 1.89. The summed E-state index contributed by atoms with van der Waals surface area (Å²) in [6.45, 7) is -0.0804. The molecule has 0 aliphatic heterocycles. The highest BCUT2D eigenvalue weighted by Crippen LogP contribution is 1.79. The number of aliphatic hydroxyl groups excluding tert-OH is 1. The molecular weight excluding hydrogens is 94.0 g/mol. The molecule has 1 amide bonds. The van der Waals surface area contributed by atoms with Crippen molar-refractivity contribution in [1.29, 1.82) is 0 Å². The Bertz CT molecular complexity index is 62.7. The fourth-order valence-corrected chi connectivity index (χ4v) is 0.207. The lowest BCUT2D eigenvalue weighted by molar-refractivity contribution is -0.117. The summed E-state index contributed by atoms with van der Waals surface area (Å²) < 4.78 is 0. The van der Waals surface area contributed by atoms with Crippen LogP contribution in [-0.4, -0.2) is 17.6 Å². The lowest BCUT2D eigenvalue weighted by Gasteiger charge is -1.86. The number of carbonyl (C=O) groups excluding carboxylic acids is 1. The maximum atomic E-state index is 9.84. The zero-order valence-electron chi connectivity index (χ0n) is 3.92. The molecule has 0 spiro atoms. The fourth-order valence-electron chi connectivity index (χ4n) is 0.207. The second-order valence-electron chi connectivity index (χ2n) is 1.14. The van der Waals surface area contributed by atoms with Gasteiger partial charge in [0.05, 0.1) is 0 Å². The molecule has 0 aromatic heterocycles. The first-order valence-corrected chi connectivity index (χ1v) is 1.98. The van der Waals surface area contributed by atoms with Crippen molar-refractivity contribution in [1.82, 2.24) is 0 Å². The van der Waals surface area contributed by atoms with Crippen molar-refractivity contribution in [2.24, 2.45) is 5.73 Å². The molecule has 0 atom stereocenters. The van der Waals surface area contributed by atoms with Crippen molar-refractivity contribution >= 4 is 5.91 Å². The number of rotatable bonds is 3. The van der Waals surface area contributed by atoms with Gasteiger partial charge in [-0.3, -0.25) is 4.79 Å². The van der Waals surface area contributed by atoms with Crippen molar-refractivity contribution in [3.8, 4) is 0 Å². The van der Waals surface area contributed by atoms with Gasteiger partial charge in [-0.15, -0.1) is 0 Å². The van der Waals surface area contributed by atoms with Crippen molar-refractivity contribution in [3.63, 3.8) is 0 Å². The zero-order valence-corrected chi connectivity index (χ0v) is 3.92. The Hall–Kier alpha value is -0.570. The molecule has 0 saturated heterocycles. The molecule has 41 valence electrons. The predicted molar refractivity (Wildman–Crippen MR) is 25.2 cm³/mol. The molecule has 3 heteroatoms. The van der Waals surface area contributed by atoms with E-state index in [1.54, 1.807) is 0 Å². The Labute approximate surface area is 42.1 Å². The number of hydrogen-bond donors (Lipinski definition) is 2. The molecule has 0 heterocycles. The summed E-state index contributed by atoms with van der Waals surface area (Å²) in [6, 6.07) is 0. The number of carbonyl (C=O) groups is 1. The van der Waals surface area contributed by atoms with Crippen LogP contribution in [0.1, 0.15) is 6.42 Å². The smallest absolute Gasteiger partial charge is 0.217 e. The molecule has 0 rings (SSSR count). The van der Waals surface area contributed by atoms with Gasteiger partial charge in [0.1, 0.15) is 0 Å². The molecule has 0 aromatic rings. The summed E-state index contributed by atoms with van der Waals surface area (Å²) in [5.41, 5.74) is 4.70. The monoisotopic (exact) mass is 102 g/mol. The second kappa shape index (κ2) is 3.61. The first kappa shape index (κ1) is 6.43. The van der Waals surface area contributed by atoms with Gasteiger partial charge in [0.2, 0.25) is 5.91 Å². The van der Waals surface area contributed by atoms with Gasteiger partial charge in [-0.1, -0.05) is 0 Å².